The van der Waals surface area contributed by atoms with Gasteiger partial charge in [0.2, 0.25) is 0 Å². The van der Waals surface area contributed by atoms with Crippen molar-refractivity contribution in [1.82, 2.24) is 15.6 Å². The van der Waals surface area contributed by atoms with Gasteiger partial charge in [-0.3, -0.25) is 0 Å². The molecule has 2 amide bonds. The Morgan fingerprint density at radius 1 is 0.870 bits per heavy atom. The predicted octanol–water partition coefficient (Wildman–Crippen LogP) is 6.38. The summed E-state index contributed by atoms with van der Waals surface area (Å²) in [6.07, 6.45) is 8.45. The number of nitrogens with zero attached hydrogens (tertiary/aromatic N) is 1. The first-order chi connectivity index (χ1) is 22.3. The fourth-order valence-electron chi connectivity index (χ4n) is 8.39. The molecule has 5 aliphatic rings. The predicted molar refractivity (Wildman–Crippen MR) is 173 cm³/mol. The molecule has 0 spiro atoms. The first-order valence-corrected chi connectivity index (χ1v) is 17.3. The van der Waals surface area contributed by atoms with E-state index in [-0.39, 0.29) is 35.9 Å². The largest absolute Gasteiger partial charge is 0.478 e. The van der Waals surface area contributed by atoms with Gasteiger partial charge in [0.15, 0.2) is 6.29 Å². The van der Waals surface area contributed by atoms with E-state index in [9.17, 15) is 19.8 Å². The zero-order chi connectivity index (χ0) is 31.7. The quantitative estimate of drug-likeness (QED) is 0.187. The fraction of sp³-hybridized carbons (Fsp3) is 0.472. The number of nitrogens with one attached hydrogen (secondary N) is 2. The third-order valence-electron chi connectivity index (χ3n) is 10.1. The molecule has 9 nitrogen and oxygen atoms in total. The van der Waals surface area contributed by atoms with Gasteiger partial charge in [-0.1, -0.05) is 48.5 Å². The van der Waals surface area contributed by atoms with Crippen LogP contribution in [0, 0.1) is 17.8 Å². The number of ether oxygens (including phenoxy) is 2. The van der Waals surface area contributed by atoms with Crippen LogP contribution in [0.5, 0.6) is 0 Å². The molecule has 0 radical (unpaired) electrons. The van der Waals surface area contributed by atoms with Crippen molar-refractivity contribution >= 4 is 23.8 Å². The number of carbonyl (C=O) groups excluding carboxylic acids is 1. The van der Waals surface area contributed by atoms with Gasteiger partial charge in [-0.25, -0.2) is 14.6 Å². The number of carboxylic acid groups (broad SMARTS) is 1. The van der Waals surface area contributed by atoms with E-state index in [1.54, 1.807) is 18.3 Å². The minimum atomic E-state index is -1.01. The van der Waals surface area contributed by atoms with Crippen molar-refractivity contribution in [2.45, 2.75) is 87.2 Å². The summed E-state index contributed by atoms with van der Waals surface area (Å²) in [5.41, 5.74) is 3.80. The second-order valence-electron chi connectivity index (χ2n) is 13.6. The van der Waals surface area contributed by atoms with Crippen molar-refractivity contribution in [3.63, 3.8) is 0 Å². The molecular weight excluding hydrogens is 602 g/mol. The number of aromatic carboxylic acids is 1. The zero-order valence-corrected chi connectivity index (χ0v) is 26.6. The lowest BCUT2D eigenvalue weighted by atomic mass is 9.53. The fourth-order valence-corrected chi connectivity index (χ4v) is 9.39. The highest BCUT2D eigenvalue weighted by atomic mass is 32.2. The molecule has 4 bridgehead atoms. The summed E-state index contributed by atoms with van der Waals surface area (Å²) in [6.45, 7) is 0.401. The first kappa shape index (κ1) is 31.2. The summed E-state index contributed by atoms with van der Waals surface area (Å²) in [4.78, 5) is 29.0. The molecule has 0 unspecified atom stereocenters. The van der Waals surface area contributed by atoms with Crippen molar-refractivity contribution in [3.8, 4) is 0 Å². The van der Waals surface area contributed by atoms with E-state index in [2.05, 4.69) is 15.6 Å². The lowest BCUT2D eigenvalue weighted by Crippen LogP contribution is -2.61. The van der Waals surface area contributed by atoms with Crippen molar-refractivity contribution in [1.29, 1.82) is 0 Å². The van der Waals surface area contributed by atoms with Crippen LogP contribution in [0.3, 0.4) is 0 Å². The van der Waals surface area contributed by atoms with Gasteiger partial charge in [0.05, 0.1) is 24.4 Å². The Morgan fingerprint density at radius 3 is 2.17 bits per heavy atom. The van der Waals surface area contributed by atoms with E-state index in [1.807, 2.05) is 48.5 Å². The van der Waals surface area contributed by atoms with Crippen LogP contribution in [0.15, 0.2) is 71.9 Å². The number of carbonyl (C=O) groups is 2. The van der Waals surface area contributed by atoms with Crippen LogP contribution in [-0.4, -0.2) is 44.6 Å². The van der Waals surface area contributed by atoms with Crippen LogP contribution in [0.1, 0.15) is 90.0 Å². The maximum Gasteiger partial charge on any atom is 0.338 e. The van der Waals surface area contributed by atoms with Crippen molar-refractivity contribution < 1.29 is 29.3 Å². The van der Waals surface area contributed by atoms with Gasteiger partial charge in [-0.2, -0.15) is 0 Å². The summed E-state index contributed by atoms with van der Waals surface area (Å²) >= 11 is 1.36. The second-order valence-corrected chi connectivity index (χ2v) is 14.6. The van der Waals surface area contributed by atoms with Crippen molar-refractivity contribution in [2.75, 3.05) is 5.75 Å². The second kappa shape index (κ2) is 13.4. The molecule has 4 saturated carbocycles. The first-order valence-electron chi connectivity index (χ1n) is 16.3. The van der Waals surface area contributed by atoms with Crippen LogP contribution in [0.4, 0.5) is 4.79 Å². The van der Waals surface area contributed by atoms with Crippen molar-refractivity contribution in [2.24, 2.45) is 17.8 Å². The highest BCUT2D eigenvalue weighted by Crippen LogP contribution is 2.55. The number of amides is 2. The maximum atomic E-state index is 13.0. The summed E-state index contributed by atoms with van der Waals surface area (Å²) < 4.78 is 12.9. The summed E-state index contributed by atoms with van der Waals surface area (Å²) in [7, 11) is 0. The van der Waals surface area contributed by atoms with E-state index in [0.717, 1.165) is 59.3 Å². The molecule has 2 aromatic carbocycles. The molecule has 1 saturated heterocycles. The molecule has 3 aromatic rings. The molecular formula is C36H41N3O6S. The molecule has 5 fully saturated rings. The Bertz CT molecular complexity index is 1510. The Labute approximate surface area is 273 Å². The number of aliphatic hydroxyl groups is 1. The standard InChI is InChI=1S/C36H41N3O6S/c40-20-23-5-7-27(8-6-23)31-15-29(21-46-32-30(33(41)42)2-1-11-37-32)44-34(45-31)28-9-3-22(4-10-28)19-38-35(43)39-36-16-24-12-25(17-36)14-26(13-24)18-36/h1-11,24-26,29,31,34,40H,12-21H2,(H,41,42)(H2,38,39,43)/t24?,25?,26?,29-,31+,34+,36?/m0/s1. The molecule has 8 rings (SSSR count). The average Bonchev–Trinajstić information content (AvgIpc) is 3.06. The third-order valence-corrected chi connectivity index (χ3v) is 11.3. The maximum absolute atomic E-state index is 13.0. The summed E-state index contributed by atoms with van der Waals surface area (Å²) in [5, 5.41) is 26.0. The molecule has 46 heavy (non-hydrogen) atoms. The van der Waals surface area contributed by atoms with Gasteiger partial charge < -0.3 is 30.3 Å². The number of hydrogen-bond acceptors (Lipinski definition) is 7. The number of benzene rings is 2. The van der Waals surface area contributed by atoms with E-state index >= 15 is 0 Å². The van der Waals surface area contributed by atoms with Gasteiger partial charge >= 0.3 is 12.0 Å². The Balaban J connectivity index is 0.999. The number of urea groups is 1. The monoisotopic (exact) mass is 643 g/mol. The van der Waals surface area contributed by atoms with Crippen LogP contribution >= 0.6 is 11.8 Å². The minimum Gasteiger partial charge on any atom is -0.478 e. The SMILES string of the molecule is O=C(NCc1ccc([C@@H]2O[C@H](CSc3ncccc3C(=O)O)C[C@H](c3ccc(CO)cc3)O2)cc1)NC12CC3CC(CC(C3)C1)C2. The number of aromatic nitrogens is 1. The number of hydrogen-bond donors (Lipinski definition) is 4. The Kier molecular flexibility index (Phi) is 9.05. The molecule has 1 aliphatic heterocycles. The van der Waals surface area contributed by atoms with Gasteiger partial charge in [-0.05, 0) is 85.1 Å². The molecule has 3 atom stereocenters. The topological polar surface area (TPSA) is 130 Å². The summed E-state index contributed by atoms with van der Waals surface area (Å²) in [6, 6.07) is 18.7. The molecule has 242 valence electrons. The molecule has 4 aliphatic carbocycles. The number of aliphatic hydroxyl groups excluding tert-OH is 1. The van der Waals surface area contributed by atoms with E-state index in [4.69, 9.17) is 9.47 Å². The van der Waals surface area contributed by atoms with Gasteiger partial charge in [-0.15, -0.1) is 11.8 Å². The normalized spacial score (nSPS) is 29.8. The van der Waals surface area contributed by atoms with E-state index < -0.39 is 12.3 Å². The number of pyridine rings is 1. The molecule has 2 heterocycles. The molecule has 1 aromatic heterocycles. The van der Waals surface area contributed by atoms with Crippen molar-refractivity contribution in [3.05, 3.63) is 94.7 Å². The van der Waals surface area contributed by atoms with Crippen LogP contribution in [0.25, 0.3) is 0 Å². The van der Waals surface area contributed by atoms with E-state index in [0.29, 0.717) is 23.7 Å². The van der Waals surface area contributed by atoms with Crippen LogP contribution in [0.2, 0.25) is 0 Å². The number of carboxylic acids is 1. The van der Waals surface area contributed by atoms with Gasteiger partial charge in [0.1, 0.15) is 5.03 Å². The van der Waals surface area contributed by atoms with Gasteiger partial charge in [0, 0.05) is 36.0 Å². The highest BCUT2D eigenvalue weighted by molar-refractivity contribution is 7.99. The summed E-state index contributed by atoms with van der Waals surface area (Å²) in [5.74, 6) is 1.82. The lowest BCUT2D eigenvalue weighted by molar-refractivity contribution is -0.245. The zero-order valence-electron chi connectivity index (χ0n) is 25.8. The number of rotatable bonds is 10. The van der Waals surface area contributed by atoms with Crippen LogP contribution in [-0.2, 0) is 22.6 Å². The average molecular weight is 644 g/mol. The molecule has 10 heteroatoms. The number of thioether (sulfide) groups is 1. The van der Waals surface area contributed by atoms with E-state index in [1.165, 1.54) is 31.0 Å². The molecule has 4 N–H and O–H groups in total. The smallest absolute Gasteiger partial charge is 0.338 e. The lowest BCUT2D eigenvalue weighted by Gasteiger charge is -2.56. The Hall–Kier alpha value is -3.44. The van der Waals surface area contributed by atoms with Gasteiger partial charge in [0.25, 0.3) is 0 Å². The van der Waals surface area contributed by atoms with Crippen LogP contribution < -0.4 is 10.6 Å². The highest BCUT2D eigenvalue weighted by Gasteiger charge is 2.51. The minimum absolute atomic E-state index is 0.0199. The Morgan fingerprint density at radius 2 is 1.52 bits per heavy atom. The third kappa shape index (κ3) is 6.95.